The van der Waals surface area contributed by atoms with Crippen LogP contribution in [0.1, 0.15) is 45.1 Å². The molecule has 2 heterocycles. The molecule has 2 N–H and O–H groups in total. The Morgan fingerprint density at radius 1 is 1.35 bits per heavy atom. The number of hydrogen-bond acceptors (Lipinski definition) is 7. The van der Waals surface area contributed by atoms with E-state index in [9.17, 15) is 10.1 Å². The third kappa shape index (κ3) is 5.39. The van der Waals surface area contributed by atoms with E-state index in [4.69, 9.17) is 19.9 Å². The molecule has 3 rings (SSSR count). The van der Waals surface area contributed by atoms with Gasteiger partial charge in [-0.1, -0.05) is 19.1 Å². The van der Waals surface area contributed by atoms with Gasteiger partial charge in [0, 0.05) is 13.1 Å². The van der Waals surface area contributed by atoms with Crippen LogP contribution in [0.3, 0.4) is 0 Å². The Labute approximate surface area is 184 Å². The molecule has 0 spiro atoms. The summed E-state index contributed by atoms with van der Waals surface area (Å²) in [6, 6.07) is 9.50. The molecule has 0 aromatic heterocycles. The summed E-state index contributed by atoms with van der Waals surface area (Å²) in [5.74, 6) is 0.690. The summed E-state index contributed by atoms with van der Waals surface area (Å²) in [6.45, 7) is 9.68. The van der Waals surface area contributed by atoms with Gasteiger partial charge < -0.3 is 19.9 Å². The number of nitrogens with zero attached hydrogens (tertiary/aromatic N) is 2. The van der Waals surface area contributed by atoms with Crippen molar-refractivity contribution >= 4 is 5.97 Å². The minimum atomic E-state index is -0.637. The molecular weight excluding hydrogens is 394 g/mol. The van der Waals surface area contributed by atoms with Crippen LogP contribution in [0, 0.1) is 17.2 Å². The summed E-state index contributed by atoms with van der Waals surface area (Å²) < 4.78 is 16.6. The molecule has 0 amide bonds. The van der Waals surface area contributed by atoms with Gasteiger partial charge in [0.15, 0.2) is 0 Å². The number of hydrogen-bond donors (Lipinski definition) is 1. The molecule has 166 valence electrons. The van der Waals surface area contributed by atoms with E-state index in [0.717, 1.165) is 36.9 Å². The first kappa shape index (κ1) is 22.7. The average molecular weight is 426 g/mol. The van der Waals surface area contributed by atoms with E-state index >= 15 is 0 Å². The Bertz CT molecular complexity index is 898. The molecule has 0 bridgehead atoms. The summed E-state index contributed by atoms with van der Waals surface area (Å²) in [4.78, 5) is 15.0. The van der Waals surface area contributed by atoms with Gasteiger partial charge in [-0.05, 0) is 56.8 Å². The second-order valence-electron chi connectivity index (χ2n) is 8.08. The highest BCUT2D eigenvalue weighted by atomic mass is 16.5. The Morgan fingerprint density at radius 2 is 2.10 bits per heavy atom. The van der Waals surface area contributed by atoms with E-state index in [1.54, 1.807) is 13.8 Å². The molecule has 1 aromatic rings. The monoisotopic (exact) mass is 425 g/mol. The van der Waals surface area contributed by atoms with Crippen molar-refractivity contribution in [3.8, 4) is 11.8 Å². The van der Waals surface area contributed by atoms with E-state index < -0.39 is 11.9 Å². The van der Waals surface area contributed by atoms with E-state index in [1.165, 1.54) is 12.8 Å². The number of allylic oxidation sites excluding steroid dienone is 2. The quantitative estimate of drug-likeness (QED) is 0.668. The molecule has 1 saturated heterocycles. The minimum Gasteiger partial charge on any atom is -0.492 e. The first-order valence-corrected chi connectivity index (χ1v) is 10.8. The number of piperidine rings is 1. The fourth-order valence-corrected chi connectivity index (χ4v) is 4.23. The highest BCUT2D eigenvalue weighted by molar-refractivity contribution is 5.92. The molecule has 7 heteroatoms. The molecule has 1 aromatic carbocycles. The third-order valence-corrected chi connectivity index (χ3v) is 5.73. The van der Waals surface area contributed by atoms with Crippen molar-refractivity contribution in [1.82, 2.24) is 4.90 Å². The van der Waals surface area contributed by atoms with Crippen molar-refractivity contribution in [2.75, 3.05) is 32.8 Å². The lowest BCUT2D eigenvalue weighted by molar-refractivity contribution is -0.139. The predicted octanol–water partition coefficient (Wildman–Crippen LogP) is 3.44. The van der Waals surface area contributed by atoms with Crippen molar-refractivity contribution in [3.05, 3.63) is 52.6 Å². The molecule has 0 saturated carbocycles. The van der Waals surface area contributed by atoms with E-state index in [1.807, 2.05) is 24.3 Å². The first-order valence-electron chi connectivity index (χ1n) is 10.8. The summed E-state index contributed by atoms with van der Waals surface area (Å²) in [5, 5.41) is 9.65. The summed E-state index contributed by atoms with van der Waals surface area (Å²) in [7, 11) is 0. The first-order chi connectivity index (χ1) is 14.9. The highest BCUT2D eigenvalue weighted by Crippen LogP contribution is 2.39. The van der Waals surface area contributed by atoms with Crippen LogP contribution in [0.5, 0.6) is 5.75 Å². The predicted molar refractivity (Wildman–Crippen MR) is 117 cm³/mol. The molecule has 7 nitrogen and oxygen atoms in total. The average Bonchev–Trinajstić information content (AvgIpc) is 2.74. The molecule has 0 radical (unpaired) electrons. The van der Waals surface area contributed by atoms with Crippen molar-refractivity contribution in [2.24, 2.45) is 11.7 Å². The van der Waals surface area contributed by atoms with Gasteiger partial charge in [-0.15, -0.1) is 0 Å². The number of carbonyl (C=O) groups is 1. The maximum absolute atomic E-state index is 12.6. The van der Waals surface area contributed by atoms with Crippen LogP contribution in [0.2, 0.25) is 0 Å². The maximum Gasteiger partial charge on any atom is 0.338 e. The molecule has 2 aliphatic heterocycles. The van der Waals surface area contributed by atoms with Crippen LogP contribution in [0.4, 0.5) is 0 Å². The number of carbonyl (C=O) groups excluding carboxylic acids is 1. The van der Waals surface area contributed by atoms with E-state index in [0.29, 0.717) is 17.9 Å². The van der Waals surface area contributed by atoms with Crippen molar-refractivity contribution in [1.29, 1.82) is 5.26 Å². The normalized spacial score (nSPS) is 22.0. The van der Waals surface area contributed by atoms with Gasteiger partial charge in [0.1, 0.15) is 29.8 Å². The summed E-state index contributed by atoms with van der Waals surface area (Å²) in [5.41, 5.74) is 7.18. The summed E-state index contributed by atoms with van der Waals surface area (Å²) in [6.07, 6.45) is 2.55. The van der Waals surface area contributed by atoms with Crippen LogP contribution < -0.4 is 10.5 Å². The maximum atomic E-state index is 12.6. The zero-order valence-corrected chi connectivity index (χ0v) is 18.5. The van der Waals surface area contributed by atoms with Crippen LogP contribution in [0.15, 0.2) is 47.1 Å². The Hall–Kier alpha value is -2.98. The second kappa shape index (κ2) is 10.4. The lowest BCUT2D eigenvalue weighted by atomic mass is 9.83. The summed E-state index contributed by atoms with van der Waals surface area (Å²) >= 11 is 0. The number of esters is 1. The van der Waals surface area contributed by atoms with Gasteiger partial charge in [-0.2, -0.15) is 5.26 Å². The van der Waals surface area contributed by atoms with Crippen molar-refractivity contribution in [3.63, 3.8) is 0 Å². The Balaban J connectivity index is 1.73. The molecule has 0 aliphatic carbocycles. The molecule has 31 heavy (non-hydrogen) atoms. The minimum absolute atomic E-state index is 0.00846. The van der Waals surface area contributed by atoms with Gasteiger partial charge in [0.25, 0.3) is 0 Å². The largest absolute Gasteiger partial charge is 0.492 e. The van der Waals surface area contributed by atoms with Gasteiger partial charge in [-0.25, -0.2) is 4.79 Å². The smallest absolute Gasteiger partial charge is 0.338 e. The van der Waals surface area contributed by atoms with Gasteiger partial charge >= 0.3 is 5.97 Å². The topological polar surface area (TPSA) is 97.8 Å². The van der Waals surface area contributed by atoms with Crippen molar-refractivity contribution < 1.29 is 19.0 Å². The molecule has 2 aliphatic rings. The Kier molecular flexibility index (Phi) is 7.59. The van der Waals surface area contributed by atoms with Crippen LogP contribution in [-0.2, 0) is 14.3 Å². The number of benzene rings is 1. The second-order valence-corrected chi connectivity index (χ2v) is 8.08. The molecule has 2 atom stereocenters. The van der Waals surface area contributed by atoms with E-state index in [-0.39, 0.29) is 18.1 Å². The van der Waals surface area contributed by atoms with E-state index in [2.05, 4.69) is 17.9 Å². The number of rotatable bonds is 7. The SMILES string of the molecule is CCOC(=O)C1=C(C)OC(N)=C(C#N)C1c1ccc(OCCN2CCCC(C)C2)cc1. The Morgan fingerprint density at radius 3 is 2.74 bits per heavy atom. The molecule has 1 fully saturated rings. The zero-order valence-electron chi connectivity index (χ0n) is 18.5. The van der Waals surface area contributed by atoms with Crippen LogP contribution in [0.25, 0.3) is 0 Å². The standard InChI is InChI=1S/C24H31N3O4/c1-4-29-24(28)21-17(3)31-23(26)20(14-25)22(21)18-7-9-19(10-8-18)30-13-12-27-11-5-6-16(2)15-27/h7-10,16,22H,4-6,11-13,15,26H2,1-3H3. The zero-order chi connectivity index (χ0) is 22.4. The lowest BCUT2D eigenvalue weighted by Gasteiger charge is -2.30. The van der Waals surface area contributed by atoms with Crippen LogP contribution >= 0.6 is 0 Å². The number of ether oxygens (including phenoxy) is 3. The highest BCUT2D eigenvalue weighted by Gasteiger charge is 2.36. The number of nitriles is 1. The fourth-order valence-electron chi connectivity index (χ4n) is 4.23. The number of likely N-dealkylation sites (tertiary alicyclic amines) is 1. The van der Waals surface area contributed by atoms with Gasteiger partial charge in [-0.3, -0.25) is 4.90 Å². The molecular formula is C24H31N3O4. The molecule has 2 unspecified atom stereocenters. The van der Waals surface area contributed by atoms with Gasteiger partial charge in [0.05, 0.1) is 18.1 Å². The fraction of sp³-hybridized carbons (Fsp3) is 0.500. The third-order valence-electron chi connectivity index (χ3n) is 5.73. The lowest BCUT2D eigenvalue weighted by Crippen LogP contribution is -2.37. The van der Waals surface area contributed by atoms with Crippen molar-refractivity contribution in [2.45, 2.75) is 39.5 Å². The number of nitrogens with two attached hydrogens (primary N) is 1. The van der Waals surface area contributed by atoms with Gasteiger partial charge in [0.2, 0.25) is 5.88 Å². The van der Waals surface area contributed by atoms with Crippen LogP contribution in [-0.4, -0.2) is 43.7 Å².